The molecule has 0 unspecified atom stereocenters. The maximum Gasteiger partial charge on any atom is 0.252 e. The number of nitrogens with one attached hydrogen (secondary N) is 2. The van der Waals surface area contributed by atoms with Crippen molar-refractivity contribution in [3.05, 3.63) is 23.9 Å². The number of nitrogens with zero attached hydrogens (tertiary/aromatic N) is 1. The number of amides is 1. The van der Waals surface area contributed by atoms with E-state index in [1.54, 1.807) is 6.20 Å². The minimum atomic E-state index is -0.0345. The van der Waals surface area contributed by atoms with Crippen molar-refractivity contribution in [1.82, 2.24) is 10.3 Å². The average Bonchev–Trinajstić information content (AvgIpc) is 2.47. The van der Waals surface area contributed by atoms with E-state index >= 15 is 0 Å². The lowest BCUT2D eigenvalue weighted by Gasteiger charge is -2.07. The highest BCUT2D eigenvalue weighted by Crippen LogP contribution is 2.09. The van der Waals surface area contributed by atoms with Crippen molar-refractivity contribution < 1.29 is 4.79 Å². The molecule has 118 valence electrons. The maximum atomic E-state index is 11.9. The van der Waals surface area contributed by atoms with Crippen LogP contribution in [0, 0.1) is 5.92 Å². The standard InChI is InChI=1S/C17H29N3O/c1-4-18-16-11-10-15(13-20-16)17(21)19-12-8-6-5-7-9-14(2)3/h10-11,13-14H,4-9,12H2,1-3H3,(H,18,20)(H,19,21). The van der Waals surface area contributed by atoms with Gasteiger partial charge in [-0.1, -0.05) is 39.5 Å². The van der Waals surface area contributed by atoms with Crippen LogP contribution in [-0.2, 0) is 0 Å². The van der Waals surface area contributed by atoms with Gasteiger partial charge in [0.25, 0.3) is 5.91 Å². The van der Waals surface area contributed by atoms with Crippen LogP contribution in [0.3, 0.4) is 0 Å². The number of aromatic nitrogens is 1. The fourth-order valence-corrected chi connectivity index (χ4v) is 2.15. The van der Waals surface area contributed by atoms with Gasteiger partial charge in [-0.3, -0.25) is 4.79 Å². The lowest BCUT2D eigenvalue weighted by Crippen LogP contribution is -2.24. The Balaban J connectivity index is 2.15. The Hall–Kier alpha value is -1.58. The maximum absolute atomic E-state index is 11.9. The normalized spacial score (nSPS) is 10.7. The van der Waals surface area contributed by atoms with Crippen molar-refractivity contribution in [3.63, 3.8) is 0 Å². The van der Waals surface area contributed by atoms with Crippen LogP contribution in [0.25, 0.3) is 0 Å². The van der Waals surface area contributed by atoms with E-state index in [-0.39, 0.29) is 5.91 Å². The third kappa shape index (κ3) is 7.69. The first-order valence-electron chi connectivity index (χ1n) is 8.11. The summed E-state index contributed by atoms with van der Waals surface area (Å²) in [6.07, 6.45) is 7.71. The summed E-state index contributed by atoms with van der Waals surface area (Å²) in [7, 11) is 0. The van der Waals surface area contributed by atoms with Gasteiger partial charge in [0.1, 0.15) is 5.82 Å². The summed E-state index contributed by atoms with van der Waals surface area (Å²) in [6.45, 7) is 8.11. The van der Waals surface area contributed by atoms with Crippen molar-refractivity contribution in [2.24, 2.45) is 5.92 Å². The van der Waals surface area contributed by atoms with Crippen LogP contribution in [0.4, 0.5) is 5.82 Å². The van der Waals surface area contributed by atoms with Crippen LogP contribution in [-0.4, -0.2) is 24.0 Å². The molecule has 0 atom stereocenters. The number of unbranched alkanes of at least 4 members (excludes halogenated alkanes) is 3. The predicted octanol–water partition coefficient (Wildman–Crippen LogP) is 3.85. The fourth-order valence-electron chi connectivity index (χ4n) is 2.15. The highest BCUT2D eigenvalue weighted by atomic mass is 16.1. The summed E-state index contributed by atoms with van der Waals surface area (Å²) < 4.78 is 0. The van der Waals surface area contributed by atoms with Crippen LogP contribution >= 0.6 is 0 Å². The smallest absolute Gasteiger partial charge is 0.252 e. The van der Waals surface area contributed by atoms with Crippen molar-refractivity contribution in [3.8, 4) is 0 Å². The largest absolute Gasteiger partial charge is 0.370 e. The minimum absolute atomic E-state index is 0.0345. The molecule has 0 fully saturated rings. The Morgan fingerprint density at radius 2 is 1.95 bits per heavy atom. The molecule has 4 nitrogen and oxygen atoms in total. The van der Waals surface area contributed by atoms with E-state index in [1.807, 2.05) is 19.1 Å². The molecule has 1 amide bonds. The second-order valence-corrected chi connectivity index (χ2v) is 5.82. The molecule has 0 aliphatic carbocycles. The van der Waals surface area contributed by atoms with E-state index in [1.165, 1.54) is 25.7 Å². The van der Waals surface area contributed by atoms with Crippen LogP contribution < -0.4 is 10.6 Å². The number of hydrogen-bond donors (Lipinski definition) is 2. The first kappa shape index (κ1) is 17.5. The second-order valence-electron chi connectivity index (χ2n) is 5.82. The molecule has 1 rings (SSSR count). The molecular formula is C17H29N3O. The van der Waals surface area contributed by atoms with E-state index in [9.17, 15) is 4.79 Å². The van der Waals surface area contributed by atoms with Gasteiger partial charge < -0.3 is 10.6 Å². The van der Waals surface area contributed by atoms with Crippen molar-refractivity contribution in [2.75, 3.05) is 18.4 Å². The average molecular weight is 291 g/mol. The SMILES string of the molecule is CCNc1ccc(C(=O)NCCCCCCC(C)C)cn1. The Morgan fingerprint density at radius 1 is 1.19 bits per heavy atom. The molecule has 0 aliphatic rings. The zero-order chi connectivity index (χ0) is 15.5. The van der Waals surface area contributed by atoms with Gasteiger partial charge in [0, 0.05) is 19.3 Å². The van der Waals surface area contributed by atoms with Gasteiger partial charge >= 0.3 is 0 Å². The van der Waals surface area contributed by atoms with E-state index in [0.717, 1.165) is 31.2 Å². The summed E-state index contributed by atoms with van der Waals surface area (Å²) in [6, 6.07) is 3.65. The Morgan fingerprint density at radius 3 is 2.57 bits per heavy atom. The molecule has 0 spiro atoms. The van der Waals surface area contributed by atoms with Gasteiger partial charge in [-0.05, 0) is 31.4 Å². The summed E-state index contributed by atoms with van der Waals surface area (Å²) in [5.41, 5.74) is 0.622. The zero-order valence-electron chi connectivity index (χ0n) is 13.6. The summed E-state index contributed by atoms with van der Waals surface area (Å²) in [4.78, 5) is 16.1. The van der Waals surface area contributed by atoms with Crippen molar-refractivity contribution >= 4 is 11.7 Å². The lowest BCUT2D eigenvalue weighted by molar-refractivity contribution is 0.0952. The summed E-state index contributed by atoms with van der Waals surface area (Å²) >= 11 is 0. The first-order valence-corrected chi connectivity index (χ1v) is 8.11. The van der Waals surface area contributed by atoms with Crippen molar-refractivity contribution in [2.45, 2.75) is 52.9 Å². The molecule has 0 saturated heterocycles. The third-order valence-electron chi connectivity index (χ3n) is 3.38. The number of anilines is 1. The molecule has 2 N–H and O–H groups in total. The number of rotatable bonds is 10. The molecule has 0 aliphatic heterocycles. The molecule has 0 bridgehead atoms. The topological polar surface area (TPSA) is 54.0 Å². The summed E-state index contributed by atoms with van der Waals surface area (Å²) in [5, 5.41) is 6.06. The lowest BCUT2D eigenvalue weighted by atomic mass is 10.0. The van der Waals surface area contributed by atoms with E-state index in [2.05, 4.69) is 29.5 Å². The second kappa shape index (κ2) is 10.2. The number of pyridine rings is 1. The number of hydrogen-bond acceptors (Lipinski definition) is 3. The Labute approximate surface area is 128 Å². The molecule has 1 aromatic heterocycles. The van der Waals surface area contributed by atoms with Gasteiger partial charge in [0.05, 0.1) is 5.56 Å². The number of carbonyl (C=O) groups is 1. The van der Waals surface area contributed by atoms with Gasteiger partial charge in [-0.15, -0.1) is 0 Å². The minimum Gasteiger partial charge on any atom is -0.370 e. The monoisotopic (exact) mass is 291 g/mol. The summed E-state index contributed by atoms with van der Waals surface area (Å²) in [5.74, 6) is 1.56. The van der Waals surface area contributed by atoms with E-state index < -0.39 is 0 Å². The Kier molecular flexibility index (Phi) is 8.48. The molecule has 0 aromatic carbocycles. The highest BCUT2D eigenvalue weighted by Gasteiger charge is 2.05. The highest BCUT2D eigenvalue weighted by molar-refractivity contribution is 5.93. The van der Waals surface area contributed by atoms with Crippen LogP contribution in [0.2, 0.25) is 0 Å². The quantitative estimate of drug-likeness (QED) is 0.644. The van der Waals surface area contributed by atoms with Gasteiger partial charge in [0.15, 0.2) is 0 Å². The van der Waals surface area contributed by atoms with E-state index in [0.29, 0.717) is 5.56 Å². The molecule has 1 aromatic rings. The Bertz CT molecular complexity index is 401. The molecule has 0 radical (unpaired) electrons. The van der Waals surface area contributed by atoms with Crippen LogP contribution in [0.15, 0.2) is 18.3 Å². The molecule has 21 heavy (non-hydrogen) atoms. The van der Waals surface area contributed by atoms with E-state index in [4.69, 9.17) is 0 Å². The third-order valence-corrected chi connectivity index (χ3v) is 3.38. The predicted molar refractivity (Wildman–Crippen MR) is 88.7 cm³/mol. The van der Waals surface area contributed by atoms with Gasteiger partial charge in [0.2, 0.25) is 0 Å². The molecule has 1 heterocycles. The van der Waals surface area contributed by atoms with Crippen LogP contribution in [0.1, 0.15) is 63.2 Å². The number of carbonyl (C=O) groups excluding carboxylic acids is 1. The first-order chi connectivity index (χ1) is 10.1. The molecule has 4 heteroatoms. The fraction of sp³-hybridized carbons (Fsp3) is 0.647. The molecule has 0 saturated carbocycles. The molecular weight excluding hydrogens is 262 g/mol. The van der Waals surface area contributed by atoms with Crippen LogP contribution in [0.5, 0.6) is 0 Å². The van der Waals surface area contributed by atoms with Gasteiger partial charge in [-0.25, -0.2) is 4.98 Å². The zero-order valence-corrected chi connectivity index (χ0v) is 13.6. The van der Waals surface area contributed by atoms with Gasteiger partial charge in [-0.2, -0.15) is 0 Å². The van der Waals surface area contributed by atoms with Crippen molar-refractivity contribution in [1.29, 1.82) is 0 Å².